The van der Waals surface area contributed by atoms with Gasteiger partial charge in [-0.15, -0.1) is 0 Å². The molecule has 0 radical (unpaired) electrons. The Labute approximate surface area is 140 Å². The number of carbonyl (C=O) groups is 1. The minimum atomic E-state index is -0.937. The molecule has 0 bridgehead atoms. The molecule has 6 heteroatoms. The van der Waals surface area contributed by atoms with Crippen molar-refractivity contribution in [1.82, 2.24) is 14.7 Å². The molecule has 1 aliphatic rings. The van der Waals surface area contributed by atoms with E-state index in [1.54, 1.807) is 0 Å². The largest absolute Gasteiger partial charge is 0.476 e. The third kappa shape index (κ3) is 3.57. The Morgan fingerprint density at radius 1 is 1.35 bits per heavy atom. The fourth-order valence-corrected chi connectivity index (χ4v) is 3.19. The van der Waals surface area contributed by atoms with Gasteiger partial charge in [0.05, 0.1) is 0 Å². The van der Waals surface area contributed by atoms with Crippen LogP contribution in [0.4, 0.5) is 0 Å². The summed E-state index contributed by atoms with van der Waals surface area (Å²) < 4.78 is 1.89. The fourth-order valence-electron chi connectivity index (χ4n) is 3.07. The number of rotatable bonds is 5. The quantitative estimate of drug-likeness (QED) is 0.914. The molecule has 0 saturated carbocycles. The van der Waals surface area contributed by atoms with Crippen LogP contribution in [0.1, 0.15) is 33.7 Å². The number of hydrogen-bond acceptors (Lipinski definition) is 3. The average Bonchev–Trinajstić information content (AvgIpc) is 2.87. The van der Waals surface area contributed by atoms with Crippen molar-refractivity contribution in [2.45, 2.75) is 32.4 Å². The summed E-state index contributed by atoms with van der Waals surface area (Å²) in [5.41, 5.74) is 3.39. The number of fused-ring (bicyclic) bond motifs is 1. The molecule has 2 aromatic rings. The van der Waals surface area contributed by atoms with E-state index in [-0.39, 0.29) is 5.69 Å². The topological polar surface area (TPSA) is 58.4 Å². The zero-order valence-electron chi connectivity index (χ0n) is 13.1. The van der Waals surface area contributed by atoms with E-state index < -0.39 is 5.97 Å². The Morgan fingerprint density at radius 2 is 2.09 bits per heavy atom. The van der Waals surface area contributed by atoms with Crippen LogP contribution in [0.15, 0.2) is 24.3 Å². The van der Waals surface area contributed by atoms with Crippen LogP contribution in [-0.2, 0) is 25.9 Å². The first kappa shape index (κ1) is 16.0. The Balaban J connectivity index is 1.71. The lowest BCUT2D eigenvalue weighted by Crippen LogP contribution is -2.28. The van der Waals surface area contributed by atoms with E-state index in [4.69, 9.17) is 11.6 Å². The summed E-state index contributed by atoms with van der Waals surface area (Å²) in [7, 11) is 2.01. The lowest BCUT2D eigenvalue weighted by atomic mass is 10.1. The number of aromatic nitrogens is 2. The summed E-state index contributed by atoms with van der Waals surface area (Å²) in [5.74, 6) is -0.937. The molecule has 1 aliphatic heterocycles. The molecule has 0 spiro atoms. The standard InChI is InChI=1S/C17H20ClN3O2/c1-20-10-8-15-14(11-20)16(17(22)23)19-21(15)9-2-3-12-4-6-13(18)7-5-12/h4-7H,2-3,8-11H2,1H3,(H,22,23). The second kappa shape index (κ2) is 6.72. The van der Waals surface area contributed by atoms with Gasteiger partial charge >= 0.3 is 5.97 Å². The van der Waals surface area contributed by atoms with Gasteiger partial charge in [0.1, 0.15) is 0 Å². The molecule has 0 atom stereocenters. The van der Waals surface area contributed by atoms with E-state index in [1.165, 1.54) is 5.56 Å². The highest BCUT2D eigenvalue weighted by atomic mass is 35.5. The Kier molecular flexibility index (Phi) is 4.68. The van der Waals surface area contributed by atoms with Crippen molar-refractivity contribution in [3.05, 3.63) is 51.8 Å². The SMILES string of the molecule is CN1CCc2c(c(C(=O)O)nn2CCCc2ccc(Cl)cc2)C1. The van der Waals surface area contributed by atoms with E-state index in [0.29, 0.717) is 6.54 Å². The minimum absolute atomic E-state index is 0.207. The van der Waals surface area contributed by atoms with E-state index in [1.807, 2.05) is 36.0 Å². The van der Waals surface area contributed by atoms with Crippen LogP contribution in [-0.4, -0.2) is 39.3 Å². The van der Waals surface area contributed by atoms with E-state index in [2.05, 4.69) is 10.00 Å². The third-order valence-electron chi connectivity index (χ3n) is 4.28. The number of likely N-dealkylation sites (N-methyl/N-ethyl adjacent to an activating group) is 1. The number of aromatic carboxylic acids is 1. The van der Waals surface area contributed by atoms with E-state index >= 15 is 0 Å². The molecular weight excluding hydrogens is 314 g/mol. The lowest BCUT2D eigenvalue weighted by Gasteiger charge is -2.23. The maximum absolute atomic E-state index is 11.4. The molecule has 1 aromatic carbocycles. The number of carboxylic acids is 1. The molecule has 23 heavy (non-hydrogen) atoms. The highest BCUT2D eigenvalue weighted by molar-refractivity contribution is 6.30. The summed E-state index contributed by atoms with van der Waals surface area (Å²) in [6, 6.07) is 7.84. The third-order valence-corrected chi connectivity index (χ3v) is 4.53. The zero-order valence-corrected chi connectivity index (χ0v) is 13.9. The number of carboxylic acid groups (broad SMARTS) is 1. The molecule has 2 heterocycles. The number of hydrogen-bond donors (Lipinski definition) is 1. The second-order valence-electron chi connectivity index (χ2n) is 6.02. The summed E-state index contributed by atoms with van der Waals surface area (Å²) in [4.78, 5) is 13.5. The number of nitrogens with zero attached hydrogens (tertiary/aromatic N) is 3. The smallest absolute Gasteiger partial charge is 0.356 e. The van der Waals surface area contributed by atoms with Gasteiger partial charge in [0.15, 0.2) is 5.69 Å². The van der Waals surface area contributed by atoms with Crippen molar-refractivity contribution >= 4 is 17.6 Å². The summed E-state index contributed by atoms with van der Waals surface area (Å²) >= 11 is 5.89. The number of benzene rings is 1. The molecule has 0 unspecified atom stereocenters. The molecular formula is C17H20ClN3O2. The van der Waals surface area contributed by atoms with Gasteiger partial charge in [-0.25, -0.2) is 4.79 Å². The van der Waals surface area contributed by atoms with Crippen molar-refractivity contribution < 1.29 is 9.90 Å². The van der Waals surface area contributed by atoms with Crippen LogP contribution in [0.5, 0.6) is 0 Å². The molecule has 5 nitrogen and oxygen atoms in total. The number of halogens is 1. The number of aryl methyl sites for hydroxylation is 2. The predicted octanol–water partition coefficient (Wildman–Crippen LogP) is 2.86. The van der Waals surface area contributed by atoms with Gasteiger partial charge < -0.3 is 10.0 Å². The van der Waals surface area contributed by atoms with Crippen molar-refractivity contribution in [2.75, 3.05) is 13.6 Å². The predicted molar refractivity (Wildman–Crippen MR) is 89.0 cm³/mol. The van der Waals surface area contributed by atoms with Crippen molar-refractivity contribution in [3.63, 3.8) is 0 Å². The first-order valence-electron chi connectivity index (χ1n) is 7.79. The van der Waals surface area contributed by atoms with Crippen LogP contribution in [0, 0.1) is 0 Å². The lowest BCUT2D eigenvalue weighted by molar-refractivity contribution is 0.0687. The van der Waals surface area contributed by atoms with Gasteiger partial charge in [0.2, 0.25) is 0 Å². The molecule has 0 fully saturated rings. The molecule has 122 valence electrons. The maximum atomic E-state index is 11.4. The Hall–Kier alpha value is -1.85. The molecule has 0 saturated heterocycles. The Bertz CT molecular complexity index is 709. The van der Waals surface area contributed by atoms with Crippen LogP contribution in [0.2, 0.25) is 5.02 Å². The van der Waals surface area contributed by atoms with Crippen LogP contribution in [0.25, 0.3) is 0 Å². The first-order chi connectivity index (χ1) is 11.0. The van der Waals surface area contributed by atoms with Crippen molar-refractivity contribution in [1.29, 1.82) is 0 Å². The molecule has 1 aromatic heterocycles. The van der Waals surface area contributed by atoms with E-state index in [9.17, 15) is 9.90 Å². The van der Waals surface area contributed by atoms with Crippen LogP contribution >= 0.6 is 11.6 Å². The van der Waals surface area contributed by atoms with E-state index in [0.717, 1.165) is 48.6 Å². The summed E-state index contributed by atoms with van der Waals surface area (Å²) in [6.07, 6.45) is 2.70. The van der Waals surface area contributed by atoms with Crippen LogP contribution < -0.4 is 0 Å². The normalized spacial score (nSPS) is 14.7. The van der Waals surface area contributed by atoms with Gasteiger partial charge in [-0.05, 0) is 37.6 Å². The fraction of sp³-hybridized carbons (Fsp3) is 0.412. The molecule has 0 aliphatic carbocycles. The average molecular weight is 334 g/mol. The first-order valence-corrected chi connectivity index (χ1v) is 8.17. The monoisotopic (exact) mass is 333 g/mol. The van der Waals surface area contributed by atoms with Gasteiger partial charge in [0.25, 0.3) is 0 Å². The zero-order chi connectivity index (χ0) is 16.4. The molecule has 0 amide bonds. The summed E-state index contributed by atoms with van der Waals surface area (Å²) in [5, 5.41) is 14.4. The molecule has 1 N–H and O–H groups in total. The Morgan fingerprint density at radius 3 is 2.78 bits per heavy atom. The van der Waals surface area contributed by atoms with Crippen molar-refractivity contribution in [2.24, 2.45) is 0 Å². The highest BCUT2D eigenvalue weighted by Crippen LogP contribution is 2.22. The maximum Gasteiger partial charge on any atom is 0.356 e. The van der Waals surface area contributed by atoms with Gasteiger partial charge in [-0.3, -0.25) is 4.68 Å². The molecule has 3 rings (SSSR count). The van der Waals surface area contributed by atoms with Crippen LogP contribution in [0.3, 0.4) is 0 Å². The highest BCUT2D eigenvalue weighted by Gasteiger charge is 2.26. The summed E-state index contributed by atoms with van der Waals surface area (Å²) in [6.45, 7) is 2.34. The minimum Gasteiger partial charge on any atom is -0.476 e. The van der Waals surface area contributed by atoms with Crippen molar-refractivity contribution in [3.8, 4) is 0 Å². The van der Waals surface area contributed by atoms with Gasteiger partial charge in [0, 0.05) is 42.3 Å². The second-order valence-corrected chi connectivity index (χ2v) is 6.46. The van der Waals surface area contributed by atoms with Gasteiger partial charge in [-0.1, -0.05) is 23.7 Å². The van der Waals surface area contributed by atoms with Gasteiger partial charge in [-0.2, -0.15) is 5.10 Å².